The number of aliphatic carboxylic acids is 2. The van der Waals surface area contributed by atoms with E-state index in [0.717, 1.165) is 0 Å². The quantitative estimate of drug-likeness (QED) is 0.660. The summed E-state index contributed by atoms with van der Waals surface area (Å²) < 4.78 is 4.94. The van der Waals surface area contributed by atoms with E-state index in [0.29, 0.717) is 12.0 Å². The van der Waals surface area contributed by atoms with E-state index in [-0.39, 0.29) is 24.3 Å². The summed E-state index contributed by atoms with van der Waals surface area (Å²) in [4.78, 5) is 22.8. The lowest BCUT2D eigenvalue weighted by Crippen LogP contribution is -2.41. The first-order valence-corrected chi connectivity index (χ1v) is 6.20. The molecule has 0 aliphatic carbocycles. The third kappa shape index (κ3) is 3.01. The largest absolute Gasteiger partial charge is 0.504 e. The van der Waals surface area contributed by atoms with E-state index in [9.17, 15) is 24.9 Å². The lowest BCUT2D eigenvalue weighted by Gasteiger charge is -2.24. The summed E-state index contributed by atoms with van der Waals surface area (Å²) in [7, 11) is 1.37. The van der Waals surface area contributed by atoms with Crippen LogP contribution in [0.15, 0.2) is 18.2 Å². The van der Waals surface area contributed by atoms with Crippen molar-refractivity contribution in [1.82, 2.24) is 0 Å². The molecule has 0 aromatic heterocycles. The Morgan fingerprint density at radius 3 is 2.30 bits per heavy atom. The average Bonchev–Trinajstić information content (AvgIpc) is 2.39. The SMILES string of the molecule is CCCC(Cc1ccc(O)c(OC)c1)(C(=O)O)C(=O)O. The number of methoxy groups -OCH3 is 1. The molecular weight excluding hydrogens is 264 g/mol. The summed E-state index contributed by atoms with van der Waals surface area (Å²) in [5.41, 5.74) is -1.38. The Balaban J connectivity index is 3.19. The number of rotatable bonds is 7. The van der Waals surface area contributed by atoms with E-state index in [1.165, 1.54) is 25.3 Å². The van der Waals surface area contributed by atoms with Crippen molar-refractivity contribution in [2.75, 3.05) is 7.11 Å². The lowest BCUT2D eigenvalue weighted by molar-refractivity contribution is -0.165. The van der Waals surface area contributed by atoms with Crippen LogP contribution in [0, 0.1) is 5.41 Å². The molecule has 0 fully saturated rings. The monoisotopic (exact) mass is 282 g/mol. The van der Waals surface area contributed by atoms with Gasteiger partial charge >= 0.3 is 11.9 Å². The van der Waals surface area contributed by atoms with Gasteiger partial charge in [-0.2, -0.15) is 0 Å². The van der Waals surface area contributed by atoms with Crippen LogP contribution in [0.3, 0.4) is 0 Å². The number of carbonyl (C=O) groups is 2. The molecule has 0 unspecified atom stereocenters. The number of carboxylic acids is 2. The molecule has 1 aromatic rings. The zero-order chi connectivity index (χ0) is 15.3. The molecule has 20 heavy (non-hydrogen) atoms. The summed E-state index contributed by atoms with van der Waals surface area (Å²) in [5, 5.41) is 28.1. The van der Waals surface area contributed by atoms with E-state index >= 15 is 0 Å². The number of aromatic hydroxyl groups is 1. The highest BCUT2D eigenvalue weighted by atomic mass is 16.5. The second-order valence-corrected chi connectivity index (χ2v) is 4.63. The van der Waals surface area contributed by atoms with E-state index < -0.39 is 17.4 Å². The Morgan fingerprint density at radius 1 is 1.25 bits per heavy atom. The molecule has 0 amide bonds. The van der Waals surface area contributed by atoms with Crippen molar-refractivity contribution in [2.24, 2.45) is 5.41 Å². The first-order chi connectivity index (χ1) is 9.37. The molecule has 3 N–H and O–H groups in total. The standard InChI is InChI=1S/C14H18O6/c1-3-6-14(12(16)17,13(18)19)8-9-4-5-10(15)11(7-9)20-2/h4-5,7,15H,3,6,8H2,1-2H3,(H,16,17)(H,18,19). The van der Waals surface area contributed by atoms with Crippen LogP contribution in [0.1, 0.15) is 25.3 Å². The predicted octanol–water partition coefficient (Wildman–Crippen LogP) is 1.90. The second kappa shape index (κ2) is 6.27. The Labute approximate surface area is 116 Å². The Morgan fingerprint density at radius 2 is 1.85 bits per heavy atom. The number of carboxylic acid groups (broad SMARTS) is 2. The van der Waals surface area contributed by atoms with Gasteiger partial charge < -0.3 is 20.1 Å². The van der Waals surface area contributed by atoms with Crippen molar-refractivity contribution in [3.8, 4) is 11.5 Å². The van der Waals surface area contributed by atoms with Gasteiger partial charge in [0.1, 0.15) is 0 Å². The number of benzene rings is 1. The van der Waals surface area contributed by atoms with Crippen LogP contribution < -0.4 is 4.74 Å². The van der Waals surface area contributed by atoms with E-state index in [2.05, 4.69) is 0 Å². The zero-order valence-corrected chi connectivity index (χ0v) is 11.4. The minimum absolute atomic E-state index is 0.0286. The van der Waals surface area contributed by atoms with E-state index in [1.807, 2.05) is 0 Å². The predicted molar refractivity (Wildman–Crippen MR) is 71.0 cm³/mol. The van der Waals surface area contributed by atoms with Crippen LogP contribution in [-0.2, 0) is 16.0 Å². The topological polar surface area (TPSA) is 104 Å². The highest BCUT2D eigenvalue weighted by Gasteiger charge is 2.45. The molecule has 1 rings (SSSR count). The summed E-state index contributed by atoms with van der Waals surface area (Å²) in [6.45, 7) is 1.73. The van der Waals surface area contributed by atoms with Gasteiger partial charge in [-0.15, -0.1) is 0 Å². The second-order valence-electron chi connectivity index (χ2n) is 4.63. The molecule has 6 nitrogen and oxygen atoms in total. The van der Waals surface area contributed by atoms with Gasteiger partial charge in [0, 0.05) is 0 Å². The van der Waals surface area contributed by atoms with Crippen molar-refractivity contribution >= 4 is 11.9 Å². The molecule has 0 atom stereocenters. The fraction of sp³-hybridized carbons (Fsp3) is 0.429. The Kier molecular flexibility index (Phi) is 4.96. The van der Waals surface area contributed by atoms with Crippen molar-refractivity contribution in [1.29, 1.82) is 0 Å². The summed E-state index contributed by atoms with van der Waals surface area (Å²) in [6, 6.07) is 4.30. The van der Waals surface area contributed by atoms with Gasteiger partial charge in [0.25, 0.3) is 0 Å². The minimum atomic E-state index is -1.86. The maximum Gasteiger partial charge on any atom is 0.321 e. The van der Waals surface area contributed by atoms with Crippen molar-refractivity contribution in [3.05, 3.63) is 23.8 Å². The normalized spacial score (nSPS) is 11.1. The molecule has 0 spiro atoms. The molecule has 0 heterocycles. The highest BCUT2D eigenvalue weighted by Crippen LogP contribution is 2.33. The molecular formula is C14H18O6. The molecule has 0 bridgehead atoms. The third-order valence-corrected chi connectivity index (χ3v) is 3.25. The van der Waals surface area contributed by atoms with Crippen molar-refractivity contribution in [2.45, 2.75) is 26.2 Å². The van der Waals surface area contributed by atoms with Gasteiger partial charge in [0.2, 0.25) is 0 Å². The van der Waals surface area contributed by atoms with Crippen molar-refractivity contribution in [3.63, 3.8) is 0 Å². The number of phenols is 1. The first-order valence-electron chi connectivity index (χ1n) is 6.20. The van der Waals surface area contributed by atoms with Gasteiger partial charge in [-0.1, -0.05) is 19.4 Å². The minimum Gasteiger partial charge on any atom is -0.504 e. The van der Waals surface area contributed by atoms with Gasteiger partial charge in [-0.25, -0.2) is 0 Å². The van der Waals surface area contributed by atoms with Gasteiger partial charge in [0.15, 0.2) is 16.9 Å². The van der Waals surface area contributed by atoms with Crippen LogP contribution in [-0.4, -0.2) is 34.4 Å². The molecule has 0 radical (unpaired) electrons. The average molecular weight is 282 g/mol. The third-order valence-electron chi connectivity index (χ3n) is 3.25. The van der Waals surface area contributed by atoms with Crippen molar-refractivity contribution < 1.29 is 29.6 Å². The molecule has 0 aliphatic heterocycles. The maximum atomic E-state index is 11.4. The van der Waals surface area contributed by atoms with Crippen LogP contribution in [0.5, 0.6) is 11.5 Å². The van der Waals surface area contributed by atoms with Gasteiger partial charge in [0.05, 0.1) is 7.11 Å². The summed E-state index contributed by atoms with van der Waals surface area (Å²) in [5.74, 6) is -2.62. The maximum absolute atomic E-state index is 11.4. The molecule has 0 aliphatic rings. The molecule has 0 saturated heterocycles. The van der Waals surface area contributed by atoms with Gasteiger partial charge in [-0.3, -0.25) is 9.59 Å². The molecule has 0 saturated carbocycles. The highest BCUT2D eigenvalue weighted by molar-refractivity contribution is 5.98. The number of phenolic OH excluding ortho intramolecular Hbond substituents is 1. The molecule has 1 aromatic carbocycles. The fourth-order valence-electron chi connectivity index (χ4n) is 2.15. The lowest BCUT2D eigenvalue weighted by atomic mass is 9.78. The number of ether oxygens (including phenoxy) is 1. The summed E-state index contributed by atoms with van der Waals surface area (Å²) >= 11 is 0. The van der Waals surface area contributed by atoms with Crippen LogP contribution in [0.25, 0.3) is 0 Å². The summed E-state index contributed by atoms with van der Waals surface area (Å²) in [6.07, 6.45) is 0.302. The first kappa shape index (κ1) is 15.8. The smallest absolute Gasteiger partial charge is 0.321 e. The number of hydrogen-bond donors (Lipinski definition) is 3. The van der Waals surface area contributed by atoms with E-state index in [1.54, 1.807) is 6.92 Å². The van der Waals surface area contributed by atoms with Crippen LogP contribution >= 0.6 is 0 Å². The van der Waals surface area contributed by atoms with Gasteiger partial charge in [-0.05, 0) is 30.5 Å². The molecule has 6 heteroatoms. The zero-order valence-electron chi connectivity index (χ0n) is 11.4. The van der Waals surface area contributed by atoms with E-state index in [4.69, 9.17) is 4.74 Å². The van der Waals surface area contributed by atoms with Crippen LogP contribution in [0.4, 0.5) is 0 Å². The molecule has 110 valence electrons. The fourth-order valence-corrected chi connectivity index (χ4v) is 2.15. The Bertz CT molecular complexity index is 494. The van der Waals surface area contributed by atoms with Crippen LogP contribution in [0.2, 0.25) is 0 Å². The Hall–Kier alpha value is -2.24. The number of hydrogen-bond acceptors (Lipinski definition) is 4.